The standard InChI is InChI=1S/C21H19N3O3/c1-24(12-4-7-20(25)26)18-10-8-15(9-11-18)21(27)23-17-13-16-5-2-3-6-19(16)22-14-17/h2-11,13-14H,12H2,1H3,(H,23,27)(H,25,26)/b7-4+. The third kappa shape index (κ3) is 4.70. The molecule has 2 aromatic carbocycles. The molecular formula is C21H19N3O3. The Morgan fingerprint density at radius 2 is 1.89 bits per heavy atom. The van der Waals surface area contributed by atoms with E-state index >= 15 is 0 Å². The minimum Gasteiger partial charge on any atom is -0.478 e. The van der Waals surface area contributed by atoms with Crippen LogP contribution in [0.5, 0.6) is 0 Å². The lowest BCUT2D eigenvalue weighted by atomic mass is 10.1. The van der Waals surface area contributed by atoms with E-state index in [4.69, 9.17) is 5.11 Å². The number of fused-ring (bicyclic) bond motifs is 1. The summed E-state index contributed by atoms with van der Waals surface area (Å²) in [5.74, 6) is -1.19. The maximum atomic E-state index is 12.4. The molecule has 1 aromatic heterocycles. The quantitative estimate of drug-likeness (QED) is 0.656. The first-order valence-electron chi connectivity index (χ1n) is 8.40. The summed E-state index contributed by atoms with van der Waals surface area (Å²) in [6.45, 7) is 0.459. The van der Waals surface area contributed by atoms with Gasteiger partial charge in [-0.1, -0.05) is 24.3 Å². The topological polar surface area (TPSA) is 82.5 Å². The van der Waals surface area contributed by atoms with Gasteiger partial charge in [-0.2, -0.15) is 0 Å². The maximum absolute atomic E-state index is 12.4. The first-order valence-corrected chi connectivity index (χ1v) is 8.40. The van der Waals surface area contributed by atoms with Gasteiger partial charge < -0.3 is 15.3 Å². The van der Waals surface area contributed by atoms with E-state index < -0.39 is 5.97 Å². The molecule has 3 rings (SSSR count). The van der Waals surface area contributed by atoms with Crippen molar-refractivity contribution in [2.75, 3.05) is 23.8 Å². The number of hydrogen-bond acceptors (Lipinski definition) is 4. The second-order valence-electron chi connectivity index (χ2n) is 6.04. The van der Waals surface area contributed by atoms with E-state index in [2.05, 4.69) is 10.3 Å². The van der Waals surface area contributed by atoms with Gasteiger partial charge in [-0.05, 0) is 36.4 Å². The molecule has 0 saturated heterocycles. The summed E-state index contributed by atoms with van der Waals surface area (Å²) < 4.78 is 0. The third-order valence-corrected chi connectivity index (χ3v) is 4.06. The Kier molecular flexibility index (Phi) is 5.47. The number of amides is 1. The molecule has 27 heavy (non-hydrogen) atoms. The van der Waals surface area contributed by atoms with E-state index in [1.54, 1.807) is 24.4 Å². The van der Waals surface area contributed by atoms with Crippen molar-refractivity contribution in [3.8, 4) is 0 Å². The molecule has 1 amide bonds. The molecule has 3 aromatic rings. The summed E-state index contributed by atoms with van der Waals surface area (Å²) in [5, 5.41) is 12.4. The molecule has 0 bridgehead atoms. The lowest BCUT2D eigenvalue weighted by molar-refractivity contribution is -0.131. The Balaban J connectivity index is 1.66. The molecule has 0 aliphatic carbocycles. The highest BCUT2D eigenvalue weighted by molar-refractivity contribution is 6.05. The van der Waals surface area contributed by atoms with Crippen molar-refractivity contribution in [2.24, 2.45) is 0 Å². The van der Waals surface area contributed by atoms with Crippen LogP contribution in [-0.4, -0.2) is 35.6 Å². The molecule has 0 saturated carbocycles. The van der Waals surface area contributed by atoms with E-state index in [0.29, 0.717) is 17.8 Å². The fraction of sp³-hybridized carbons (Fsp3) is 0.0952. The Hall–Kier alpha value is -3.67. The van der Waals surface area contributed by atoms with Crippen molar-refractivity contribution in [3.05, 3.63) is 78.5 Å². The van der Waals surface area contributed by atoms with Crippen LogP contribution in [0.15, 0.2) is 72.9 Å². The van der Waals surface area contributed by atoms with Crippen LogP contribution in [0, 0.1) is 0 Å². The summed E-state index contributed by atoms with van der Waals surface area (Å²) >= 11 is 0. The number of aliphatic carboxylic acids is 1. The number of benzene rings is 2. The lowest BCUT2D eigenvalue weighted by Gasteiger charge is -2.17. The number of carbonyl (C=O) groups excluding carboxylic acids is 1. The fourth-order valence-corrected chi connectivity index (χ4v) is 2.63. The number of carboxylic acid groups (broad SMARTS) is 1. The zero-order valence-corrected chi connectivity index (χ0v) is 14.8. The second kappa shape index (κ2) is 8.14. The van der Waals surface area contributed by atoms with Crippen molar-refractivity contribution in [1.29, 1.82) is 0 Å². The number of hydrogen-bond donors (Lipinski definition) is 2. The van der Waals surface area contributed by atoms with Gasteiger partial charge in [0.2, 0.25) is 0 Å². The monoisotopic (exact) mass is 361 g/mol. The smallest absolute Gasteiger partial charge is 0.328 e. The van der Waals surface area contributed by atoms with Crippen LogP contribution in [0.1, 0.15) is 10.4 Å². The van der Waals surface area contributed by atoms with Gasteiger partial charge in [0.25, 0.3) is 5.91 Å². The number of para-hydroxylation sites is 1. The first kappa shape index (κ1) is 18.1. The minimum absolute atomic E-state index is 0.216. The van der Waals surface area contributed by atoms with Crippen LogP contribution in [0.3, 0.4) is 0 Å². The second-order valence-corrected chi connectivity index (χ2v) is 6.04. The summed E-state index contributed by atoms with van der Waals surface area (Å²) in [7, 11) is 1.85. The summed E-state index contributed by atoms with van der Waals surface area (Å²) in [4.78, 5) is 29.2. The van der Waals surface area contributed by atoms with Gasteiger partial charge in [-0.25, -0.2) is 4.79 Å². The predicted octanol–water partition coefficient (Wildman–Crippen LogP) is 3.56. The lowest BCUT2D eigenvalue weighted by Crippen LogP contribution is -2.17. The third-order valence-electron chi connectivity index (χ3n) is 4.06. The van der Waals surface area contributed by atoms with Crippen molar-refractivity contribution in [1.82, 2.24) is 4.98 Å². The number of nitrogens with one attached hydrogen (secondary N) is 1. The molecule has 136 valence electrons. The molecule has 6 heteroatoms. The predicted molar refractivity (Wildman–Crippen MR) is 106 cm³/mol. The maximum Gasteiger partial charge on any atom is 0.328 e. The number of likely N-dealkylation sites (N-methyl/N-ethyl adjacent to an activating group) is 1. The van der Waals surface area contributed by atoms with E-state index in [1.165, 1.54) is 0 Å². The summed E-state index contributed by atoms with van der Waals surface area (Å²) in [6, 6.07) is 16.7. The van der Waals surface area contributed by atoms with Crippen LogP contribution in [-0.2, 0) is 4.79 Å². The molecule has 1 heterocycles. The van der Waals surface area contributed by atoms with Gasteiger partial charge in [0.05, 0.1) is 17.4 Å². The van der Waals surface area contributed by atoms with Crippen LogP contribution >= 0.6 is 0 Å². The molecular weight excluding hydrogens is 342 g/mol. The molecule has 2 N–H and O–H groups in total. The van der Waals surface area contributed by atoms with E-state index in [0.717, 1.165) is 22.7 Å². The largest absolute Gasteiger partial charge is 0.478 e. The van der Waals surface area contributed by atoms with Crippen molar-refractivity contribution in [2.45, 2.75) is 0 Å². The number of nitrogens with zero attached hydrogens (tertiary/aromatic N) is 2. The average molecular weight is 361 g/mol. The number of pyridine rings is 1. The van der Waals surface area contributed by atoms with Crippen LogP contribution in [0.2, 0.25) is 0 Å². The summed E-state index contributed by atoms with van der Waals surface area (Å²) in [6.07, 6.45) is 4.31. The zero-order valence-electron chi connectivity index (χ0n) is 14.8. The van der Waals surface area contributed by atoms with Crippen LogP contribution in [0.4, 0.5) is 11.4 Å². The van der Waals surface area contributed by atoms with Gasteiger partial charge in [0, 0.05) is 36.3 Å². The van der Waals surface area contributed by atoms with Gasteiger partial charge >= 0.3 is 5.97 Å². The highest BCUT2D eigenvalue weighted by Crippen LogP contribution is 2.18. The van der Waals surface area contributed by atoms with Gasteiger partial charge in [-0.15, -0.1) is 0 Å². The highest BCUT2D eigenvalue weighted by atomic mass is 16.4. The average Bonchev–Trinajstić information content (AvgIpc) is 2.67. The Morgan fingerprint density at radius 3 is 2.63 bits per heavy atom. The minimum atomic E-state index is -0.974. The molecule has 0 fully saturated rings. The molecule has 0 radical (unpaired) electrons. The number of anilines is 2. The van der Waals surface area contributed by atoms with Crippen molar-refractivity contribution >= 4 is 34.2 Å². The number of carboxylic acids is 1. The van der Waals surface area contributed by atoms with E-state index in [9.17, 15) is 9.59 Å². The zero-order chi connectivity index (χ0) is 19.2. The van der Waals surface area contributed by atoms with Crippen molar-refractivity contribution < 1.29 is 14.7 Å². The van der Waals surface area contributed by atoms with Gasteiger partial charge in [0.15, 0.2) is 0 Å². The van der Waals surface area contributed by atoms with Crippen LogP contribution < -0.4 is 10.2 Å². The number of rotatable bonds is 6. The molecule has 0 atom stereocenters. The SMILES string of the molecule is CN(C/C=C/C(=O)O)c1ccc(C(=O)Nc2cnc3ccccc3c2)cc1. The number of aromatic nitrogens is 1. The highest BCUT2D eigenvalue weighted by Gasteiger charge is 2.08. The van der Waals surface area contributed by atoms with Crippen LogP contribution in [0.25, 0.3) is 10.9 Å². The van der Waals surface area contributed by atoms with Crippen molar-refractivity contribution in [3.63, 3.8) is 0 Å². The summed E-state index contributed by atoms with van der Waals surface area (Å²) in [5.41, 5.74) is 2.92. The normalized spacial score (nSPS) is 10.9. The number of carbonyl (C=O) groups is 2. The van der Waals surface area contributed by atoms with Gasteiger partial charge in [-0.3, -0.25) is 9.78 Å². The van der Waals surface area contributed by atoms with Gasteiger partial charge in [0.1, 0.15) is 0 Å². The molecule has 0 aliphatic heterocycles. The Bertz CT molecular complexity index is 997. The Morgan fingerprint density at radius 1 is 1.15 bits per heavy atom. The molecule has 0 spiro atoms. The Labute approximate surface area is 156 Å². The molecule has 6 nitrogen and oxygen atoms in total. The first-order chi connectivity index (χ1) is 13.0. The fourth-order valence-electron chi connectivity index (χ4n) is 2.63. The van der Waals surface area contributed by atoms with E-state index in [-0.39, 0.29) is 5.91 Å². The molecule has 0 aliphatic rings. The van der Waals surface area contributed by atoms with E-state index in [1.807, 2.05) is 54.4 Å². The molecule has 0 unspecified atom stereocenters.